The van der Waals surface area contributed by atoms with Crippen molar-refractivity contribution in [2.75, 3.05) is 25.6 Å². The van der Waals surface area contributed by atoms with Crippen molar-refractivity contribution >= 4 is 5.69 Å². The van der Waals surface area contributed by atoms with Crippen LogP contribution in [0.1, 0.15) is 39.5 Å². The molecule has 0 saturated heterocycles. The second kappa shape index (κ2) is 6.69. The number of nitrogens with two attached hydrogens (primary N) is 1. The number of ether oxygens (including phenoxy) is 1. The van der Waals surface area contributed by atoms with Gasteiger partial charge in [-0.15, -0.1) is 0 Å². The van der Waals surface area contributed by atoms with E-state index in [4.69, 9.17) is 10.5 Å². The van der Waals surface area contributed by atoms with Crippen molar-refractivity contribution in [3.63, 3.8) is 0 Å². The Morgan fingerprint density at radius 2 is 2.14 bits per heavy atom. The fourth-order valence-corrected chi connectivity index (χ4v) is 4.09. The molecule has 3 nitrogen and oxygen atoms in total. The minimum Gasteiger partial charge on any atom is -0.497 e. The van der Waals surface area contributed by atoms with Crippen molar-refractivity contribution in [1.82, 2.24) is 0 Å². The van der Waals surface area contributed by atoms with Crippen LogP contribution in [0.25, 0.3) is 0 Å². The first-order valence-corrected chi connectivity index (χ1v) is 8.13. The first-order valence-electron chi connectivity index (χ1n) is 8.13. The molecule has 2 rings (SSSR count). The maximum atomic E-state index is 6.30. The molecule has 2 N–H and O–H groups in total. The van der Waals surface area contributed by atoms with Gasteiger partial charge in [0.2, 0.25) is 0 Å². The number of anilines is 1. The van der Waals surface area contributed by atoms with E-state index in [0.29, 0.717) is 18.4 Å². The summed E-state index contributed by atoms with van der Waals surface area (Å²) in [4.78, 5) is 2.42. The number of methoxy groups -OCH3 is 1. The molecule has 0 radical (unpaired) electrons. The molecule has 0 bridgehead atoms. The van der Waals surface area contributed by atoms with Crippen molar-refractivity contribution in [3.8, 4) is 5.75 Å². The summed E-state index contributed by atoms with van der Waals surface area (Å²) in [6, 6.07) is 8.32. The predicted molar refractivity (Wildman–Crippen MR) is 90.0 cm³/mol. The molecular formula is C18H30N2O. The molecule has 118 valence electrons. The lowest BCUT2D eigenvalue weighted by molar-refractivity contribution is 0.141. The van der Waals surface area contributed by atoms with Gasteiger partial charge in [-0.05, 0) is 36.8 Å². The highest BCUT2D eigenvalue weighted by Crippen LogP contribution is 2.43. The SMILES string of the molecule is COc1cccc(N(C)C2(CN)CCCCC2C(C)C)c1. The van der Waals surface area contributed by atoms with E-state index in [9.17, 15) is 0 Å². The molecule has 0 aromatic heterocycles. The summed E-state index contributed by atoms with van der Waals surface area (Å²) in [5.74, 6) is 2.21. The van der Waals surface area contributed by atoms with Crippen LogP contribution < -0.4 is 15.4 Å². The van der Waals surface area contributed by atoms with Gasteiger partial charge in [0.1, 0.15) is 5.75 Å². The van der Waals surface area contributed by atoms with Crippen LogP contribution in [0.15, 0.2) is 24.3 Å². The van der Waals surface area contributed by atoms with Gasteiger partial charge in [0.05, 0.1) is 12.6 Å². The van der Waals surface area contributed by atoms with Crippen LogP contribution in [-0.2, 0) is 0 Å². The van der Waals surface area contributed by atoms with Crippen molar-refractivity contribution in [1.29, 1.82) is 0 Å². The van der Waals surface area contributed by atoms with Gasteiger partial charge in [0.25, 0.3) is 0 Å². The van der Waals surface area contributed by atoms with E-state index < -0.39 is 0 Å². The highest BCUT2D eigenvalue weighted by Gasteiger charge is 2.44. The third-order valence-electron chi connectivity index (χ3n) is 5.33. The summed E-state index contributed by atoms with van der Waals surface area (Å²) >= 11 is 0. The lowest BCUT2D eigenvalue weighted by atomic mass is 9.67. The Balaban J connectivity index is 2.37. The quantitative estimate of drug-likeness (QED) is 0.899. The first-order chi connectivity index (χ1) is 10.0. The Morgan fingerprint density at radius 1 is 1.38 bits per heavy atom. The molecule has 1 aliphatic rings. The van der Waals surface area contributed by atoms with E-state index in [1.165, 1.54) is 31.4 Å². The second-order valence-electron chi connectivity index (χ2n) is 6.66. The summed E-state index contributed by atoms with van der Waals surface area (Å²) in [6.07, 6.45) is 5.06. The summed E-state index contributed by atoms with van der Waals surface area (Å²) in [5.41, 5.74) is 7.57. The van der Waals surface area contributed by atoms with E-state index in [0.717, 1.165) is 5.75 Å². The third kappa shape index (κ3) is 3.03. The van der Waals surface area contributed by atoms with Crippen molar-refractivity contribution in [2.45, 2.75) is 45.1 Å². The molecule has 1 aromatic carbocycles. The highest BCUT2D eigenvalue weighted by atomic mass is 16.5. The lowest BCUT2D eigenvalue weighted by Gasteiger charge is -2.52. The standard InChI is InChI=1S/C18H30N2O/c1-14(2)17-10-5-6-11-18(17,13-19)20(3)15-8-7-9-16(12-15)21-4/h7-9,12,14,17H,5-6,10-11,13,19H2,1-4H3. The van der Waals surface area contributed by atoms with Crippen molar-refractivity contribution in [3.05, 3.63) is 24.3 Å². The Morgan fingerprint density at radius 3 is 2.76 bits per heavy atom. The molecule has 1 saturated carbocycles. The minimum atomic E-state index is 0.0682. The van der Waals surface area contributed by atoms with Crippen LogP contribution in [0.3, 0.4) is 0 Å². The summed E-state index contributed by atoms with van der Waals surface area (Å²) in [6.45, 7) is 5.38. The average Bonchev–Trinajstić information content (AvgIpc) is 2.53. The molecule has 2 atom stereocenters. The number of hydrogen-bond acceptors (Lipinski definition) is 3. The molecular weight excluding hydrogens is 260 g/mol. The van der Waals surface area contributed by atoms with Gasteiger partial charge in [-0.1, -0.05) is 32.8 Å². The number of hydrogen-bond donors (Lipinski definition) is 1. The zero-order chi connectivity index (χ0) is 15.5. The molecule has 0 spiro atoms. The fourth-order valence-electron chi connectivity index (χ4n) is 4.09. The highest BCUT2D eigenvalue weighted by molar-refractivity contribution is 5.53. The van der Waals surface area contributed by atoms with Crippen molar-refractivity contribution in [2.24, 2.45) is 17.6 Å². The van der Waals surface area contributed by atoms with E-state index in [-0.39, 0.29) is 5.54 Å². The van der Waals surface area contributed by atoms with Gasteiger partial charge in [-0.3, -0.25) is 0 Å². The van der Waals surface area contributed by atoms with Gasteiger partial charge >= 0.3 is 0 Å². The Labute approximate surface area is 129 Å². The normalized spacial score (nSPS) is 25.9. The molecule has 0 aliphatic heterocycles. The predicted octanol–water partition coefficient (Wildman–Crippen LogP) is 3.68. The number of benzene rings is 1. The third-order valence-corrected chi connectivity index (χ3v) is 5.33. The first kappa shape index (κ1) is 16.2. The minimum absolute atomic E-state index is 0.0682. The Kier molecular flexibility index (Phi) is 5.15. The maximum absolute atomic E-state index is 6.30. The average molecular weight is 290 g/mol. The zero-order valence-corrected chi connectivity index (χ0v) is 13.9. The molecule has 0 amide bonds. The summed E-state index contributed by atoms with van der Waals surface area (Å²) < 4.78 is 5.38. The number of nitrogens with zero attached hydrogens (tertiary/aromatic N) is 1. The monoisotopic (exact) mass is 290 g/mol. The van der Waals surface area contributed by atoms with Gasteiger partial charge in [0, 0.05) is 25.3 Å². The van der Waals surface area contributed by atoms with E-state index in [1.54, 1.807) is 7.11 Å². The molecule has 21 heavy (non-hydrogen) atoms. The van der Waals surface area contributed by atoms with Crippen LogP contribution in [0, 0.1) is 11.8 Å². The smallest absolute Gasteiger partial charge is 0.120 e. The molecule has 3 heteroatoms. The topological polar surface area (TPSA) is 38.5 Å². The van der Waals surface area contributed by atoms with Crippen LogP contribution in [0.2, 0.25) is 0 Å². The zero-order valence-electron chi connectivity index (χ0n) is 13.9. The van der Waals surface area contributed by atoms with Crippen molar-refractivity contribution < 1.29 is 4.74 Å². The molecule has 0 heterocycles. The van der Waals surface area contributed by atoms with Gasteiger partial charge < -0.3 is 15.4 Å². The lowest BCUT2D eigenvalue weighted by Crippen LogP contribution is -2.60. The maximum Gasteiger partial charge on any atom is 0.120 e. The summed E-state index contributed by atoms with van der Waals surface area (Å²) in [7, 11) is 3.91. The molecule has 2 unspecified atom stereocenters. The van der Waals surface area contributed by atoms with Crippen LogP contribution in [-0.4, -0.2) is 26.2 Å². The van der Waals surface area contributed by atoms with Gasteiger partial charge in [-0.25, -0.2) is 0 Å². The van der Waals surface area contributed by atoms with Gasteiger partial charge in [0.15, 0.2) is 0 Å². The largest absolute Gasteiger partial charge is 0.497 e. The molecule has 1 aromatic rings. The van der Waals surface area contributed by atoms with Crippen LogP contribution >= 0.6 is 0 Å². The Hall–Kier alpha value is -1.22. The van der Waals surface area contributed by atoms with E-state index >= 15 is 0 Å². The number of rotatable bonds is 5. The van der Waals surface area contributed by atoms with Crippen LogP contribution in [0.4, 0.5) is 5.69 Å². The molecule has 1 aliphatic carbocycles. The second-order valence-corrected chi connectivity index (χ2v) is 6.66. The fraction of sp³-hybridized carbons (Fsp3) is 0.667. The number of likely N-dealkylation sites (N-methyl/N-ethyl adjacent to an activating group) is 1. The Bertz CT molecular complexity index is 460. The van der Waals surface area contributed by atoms with E-state index in [1.807, 2.05) is 6.07 Å². The van der Waals surface area contributed by atoms with Gasteiger partial charge in [-0.2, -0.15) is 0 Å². The summed E-state index contributed by atoms with van der Waals surface area (Å²) in [5, 5.41) is 0. The van der Waals surface area contributed by atoms with E-state index in [2.05, 4.69) is 44.0 Å². The molecule has 1 fully saturated rings. The van der Waals surface area contributed by atoms with Crippen LogP contribution in [0.5, 0.6) is 5.75 Å².